The second-order valence-electron chi connectivity index (χ2n) is 8.32. The van der Waals surface area contributed by atoms with Gasteiger partial charge in [0.2, 0.25) is 6.29 Å². The van der Waals surface area contributed by atoms with Crippen molar-refractivity contribution in [2.24, 2.45) is 0 Å². The summed E-state index contributed by atoms with van der Waals surface area (Å²) in [6.45, 7) is 8.88. The molecule has 3 aliphatic rings. The second kappa shape index (κ2) is 7.93. The number of rotatable bonds is 5. The van der Waals surface area contributed by atoms with Crippen LogP contribution in [-0.2, 0) is 17.8 Å². The first-order valence-corrected chi connectivity index (χ1v) is 11.4. The Bertz CT molecular complexity index is 888. The third-order valence-electron chi connectivity index (χ3n) is 6.40. The van der Waals surface area contributed by atoms with E-state index >= 15 is 0 Å². The first-order valence-electron chi connectivity index (χ1n) is 10.6. The normalized spacial score (nSPS) is 24.7. The molecule has 2 aromatic rings. The fourth-order valence-electron chi connectivity index (χ4n) is 4.60. The minimum atomic E-state index is -0.188. The molecule has 0 spiro atoms. The molecule has 1 aromatic carbocycles. The molecule has 0 saturated carbocycles. The van der Waals surface area contributed by atoms with E-state index < -0.39 is 0 Å². The minimum absolute atomic E-state index is 0.188. The van der Waals surface area contributed by atoms with Crippen LogP contribution in [0.5, 0.6) is 11.5 Å². The van der Waals surface area contributed by atoms with Crippen molar-refractivity contribution in [3.05, 3.63) is 39.9 Å². The summed E-state index contributed by atoms with van der Waals surface area (Å²) >= 11 is 3.62. The lowest BCUT2D eigenvalue weighted by molar-refractivity contribution is -0.0600. The van der Waals surface area contributed by atoms with Gasteiger partial charge in [0.05, 0.1) is 19.2 Å². The number of likely N-dealkylation sites (tertiary alicyclic amines) is 1. The van der Waals surface area contributed by atoms with Gasteiger partial charge in [-0.1, -0.05) is 12.1 Å². The van der Waals surface area contributed by atoms with Crippen LogP contribution >= 0.6 is 15.9 Å². The molecule has 6 nitrogen and oxygen atoms in total. The first-order chi connectivity index (χ1) is 14.1. The maximum Gasteiger partial charge on any atom is 0.238 e. The van der Waals surface area contributed by atoms with Crippen LogP contribution in [0.25, 0.3) is 0 Å². The molecule has 7 heteroatoms. The maximum atomic E-state index is 5.93. The van der Waals surface area contributed by atoms with E-state index in [1.165, 1.54) is 11.3 Å². The predicted molar refractivity (Wildman–Crippen MR) is 113 cm³/mol. The fourth-order valence-corrected chi connectivity index (χ4v) is 5.02. The Labute approximate surface area is 180 Å². The third-order valence-corrected chi connectivity index (χ3v) is 7.15. The van der Waals surface area contributed by atoms with Crippen LogP contribution in [0.1, 0.15) is 49.2 Å². The van der Waals surface area contributed by atoms with Crippen molar-refractivity contribution in [3.8, 4) is 11.5 Å². The van der Waals surface area contributed by atoms with Crippen molar-refractivity contribution in [3.63, 3.8) is 0 Å². The molecule has 2 fully saturated rings. The van der Waals surface area contributed by atoms with Crippen LogP contribution in [0.3, 0.4) is 0 Å². The number of nitrogens with zero attached hydrogens (tertiary/aromatic N) is 3. The summed E-state index contributed by atoms with van der Waals surface area (Å²) in [6.07, 6.45) is 3.54. The summed E-state index contributed by atoms with van der Waals surface area (Å²) in [4.78, 5) is 7.31. The van der Waals surface area contributed by atoms with E-state index in [1.54, 1.807) is 0 Å². The van der Waals surface area contributed by atoms with E-state index in [2.05, 4.69) is 44.5 Å². The average Bonchev–Trinajstić information content (AvgIpc) is 3.18. The highest BCUT2D eigenvalue weighted by Crippen LogP contribution is 2.43. The number of imidazole rings is 1. The highest BCUT2D eigenvalue weighted by atomic mass is 79.9. The van der Waals surface area contributed by atoms with Crippen LogP contribution in [0, 0.1) is 6.92 Å². The van der Waals surface area contributed by atoms with Gasteiger partial charge >= 0.3 is 0 Å². The number of hydrogen-bond acceptors (Lipinski definition) is 5. The summed E-state index contributed by atoms with van der Waals surface area (Å²) in [6, 6.07) is 6.29. The number of halogens is 1. The number of para-hydroxylation sites is 1. The summed E-state index contributed by atoms with van der Waals surface area (Å²) < 4.78 is 20.6. The third kappa shape index (κ3) is 3.80. The number of aromatic nitrogens is 2. The molecule has 2 saturated heterocycles. The first kappa shape index (κ1) is 19.4. The summed E-state index contributed by atoms with van der Waals surface area (Å²) in [5, 5.41) is 0. The van der Waals surface area contributed by atoms with Gasteiger partial charge in [-0.2, -0.15) is 0 Å². The van der Waals surface area contributed by atoms with Crippen molar-refractivity contribution in [1.82, 2.24) is 14.5 Å². The van der Waals surface area contributed by atoms with Gasteiger partial charge in [0.15, 0.2) is 11.5 Å². The van der Waals surface area contributed by atoms with Gasteiger partial charge in [0.1, 0.15) is 10.4 Å². The highest BCUT2D eigenvalue weighted by molar-refractivity contribution is 9.10. The van der Waals surface area contributed by atoms with Crippen molar-refractivity contribution in [2.75, 3.05) is 19.7 Å². The van der Waals surface area contributed by atoms with Gasteiger partial charge in [-0.05, 0) is 67.2 Å². The topological polar surface area (TPSA) is 48.8 Å². The molecule has 156 valence electrons. The average molecular weight is 462 g/mol. The zero-order valence-corrected chi connectivity index (χ0v) is 18.7. The largest absolute Gasteiger partial charge is 0.451 e. The van der Waals surface area contributed by atoms with Crippen LogP contribution in [0.15, 0.2) is 22.8 Å². The molecule has 0 amide bonds. The number of hydrogen-bond donors (Lipinski definition) is 0. The predicted octanol–water partition coefficient (Wildman–Crippen LogP) is 4.24. The van der Waals surface area contributed by atoms with Gasteiger partial charge in [0.25, 0.3) is 0 Å². The lowest BCUT2D eigenvalue weighted by atomic mass is 9.88. The molecule has 29 heavy (non-hydrogen) atoms. The number of piperidine rings is 1. The Morgan fingerprint density at radius 3 is 2.69 bits per heavy atom. The summed E-state index contributed by atoms with van der Waals surface area (Å²) in [5.74, 6) is 3.49. The van der Waals surface area contributed by atoms with Crippen molar-refractivity contribution in [1.29, 1.82) is 0 Å². The monoisotopic (exact) mass is 461 g/mol. The zero-order chi connectivity index (χ0) is 20.0. The number of ether oxygens (including phenoxy) is 3. The molecule has 5 rings (SSSR count). The van der Waals surface area contributed by atoms with Gasteiger partial charge in [-0.25, -0.2) is 4.98 Å². The van der Waals surface area contributed by atoms with Crippen molar-refractivity contribution < 1.29 is 14.2 Å². The summed E-state index contributed by atoms with van der Waals surface area (Å²) in [7, 11) is 0. The lowest BCUT2D eigenvalue weighted by Gasteiger charge is -2.33. The molecule has 0 radical (unpaired) electrons. The quantitative estimate of drug-likeness (QED) is 0.666. The van der Waals surface area contributed by atoms with E-state index in [0.717, 1.165) is 74.0 Å². The van der Waals surface area contributed by atoms with Crippen molar-refractivity contribution >= 4 is 15.9 Å². The van der Waals surface area contributed by atoms with E-state index in [9.17, 15) is 0 Å². The Kier molecular flexibility index (Phi) is 5.30. The zero-order valence-electron chi connectivity index (χ0n) is 17.1. The van der Waals surface area contributed by atoms with Crippen molar-refractivity contribution in [2.45, 2.75) is 64.5 Å². The molecule has 2 unspecified atom stereocenters. The number of benzene rings is 1. The molecule has 0 bridgehead atoms. The fraction of sp³-hybridized carbons (Fsp3) is 0.591. The SMILES string of the molecule is Cc1c(Br)nc(CN2CCC(c3cccc4c3OC(C)O4)CC2)n1CC1CCO1. The van der Waals surface area contributed by atoms with E-state index in [-0.39, 0.29) is 6.29 Å². The van der Waals surface area contributed by atoms with E-state index in [0.29, 0.717) is 12.0 Å². The second-order valence-corrected chi connectivity index (χ2v) is 9.08. The van der Waals surface area contributed by atoms with E-state index in [4.69, 9.17) is 19.2 Å². The van der Waals surface area contributed by atoms with Crippen LogP contribution in [-0.4, -0.2) is 46.5 Å². The minimum Gasteiger partial charge on any atom is -0.451 e. The molecular formula is C22H28BrN3O3. The summed E-state index contributed by atoms with van der Waals surface area (Å²) in [5.41, 5.74) is 2.49. The van der Waals surface area contributed by atoms with E-state index in [1.807, 2.05) is 13.0 Å². The molecule has 2 atom stereocenters. The van der Waals surface area contributed by atoms with Gasteiger partial charge < -0.3 is 18.8 Å². The Morgan fingerprint density at radius 1 is 1.17 bits per heavy atom. The molecule has 4 heterocycles. The van der Waals surface area contributed by atoms with Crippen LogP contribution in [0.2, 0.25) is 0 Å². The van der Waals surface area contributed by atoms with Crippen LogP contribution < -0.4 is 9.47 Å². The van der Waals surface area contributed by atoms with Crippen LogP contribution in [0.4, 0.5) is 0 Å². The molecule has 0 aliphatic carbocycles. The van der Waals surface area contributed by atoms with Gasteiger partial charge in [0, 0.05) is 24.8 Å². The number of fused-ring (bicyclic) bond motifs is 1. The smallest absolute Gasteiger partial charge is 0.238 e. The Morgan fingerprint density at radius 2 is 1.97 bits per heavy atom. The molecule has 1 aromatic heterocycles. The van der Waals surface area contributed by atoms with Gasteiger partial charge in [-0.15, -0.1) is 0 Å². The standard InChI is InChI=1S/C22H28BrN3O3/c1-14-22(23)24-20(26(14)12-17-8-11-27-17)13-25-9-6-16(7-10-25)18-4-3-5-19-21(18)29-15(2)28-19/h3-5,15-17H,6-13H2,1-2H3. The Hall–Kier alpha value is -1.57. The lowest BCUT2D eigenvalue weighted by Crippen LogP contribution is -2.35. The Balaban J connectivity index is 1.24. The highest BCUT2D eigenvalue weighted by Gasteiger charge is 2.30. The maximum absolute atomic E-state index is 5.93. The molecule has 3 aliphatic heterocycles. The molecular weight excluding hydrogens is 434 g/mol. The molecule has 0 N–H and O–H groups in total. The van der Waals surface area contributed by atoms with Gasteiger partial charge in [-0.3, -0.25) is 4.90 Å².